The smallest absolute Gasteiger partial charge is 0.303 e. The largest absolute Gasteiger partial charge is 0.481 e. The van der Waals surface area contributed by atoms with Gasteiger partial charge in [-0.2, -0.15) is 0 Å². The number of hydrogen-bond acceptors (Lipinski definition) is 3. The number of nitrogens with one attached hydrogen (secondary N) is 1. The summed E-state index contributed by atoms with van der Waals surface area (Å²) < 4.78 is 0. The van der Waals surface area contributed by atoms with Gasteiger partial charge in [0.15, 0.2) is 0 Å². The first-order valence-corrected chi connectivity index (χ1v) is 8.24. The van der Waals surface area contributed by atoms with Crippen LogP contribution in [0.4, 0.5) is 0 Å². The van der Waals surface area contributed by atoms with Crippen molar-refractivity contribution in [3.05, 3.63) is 21.4 Å². The summed E-state index contributed by atoms with van der Waals surface area (Å²) in [5.41, 5.74) is 1.20. The standard InChI is InChI=1S/C16H25NO3S/c1-5-13-8-14(21-11(13)4)16(20)17-9-12(6-10(2)3)7-15(18)19/h8,10,12H,5-7,9H2,1-4H3,(H,17,20)(H,18,19). The Bertz CT molecular complexity index is 494. The number of hydrogen-bond donors (Lipinski definition) is 2. The number of carboxylic acids is 1. The zero-order valence-electron chi connectivity index (χ0n) is 13.2. The van der Waals surface area contributed by atoms with E-state index in [1.54, 1.807) is 0 Å². The Morgan fingerprint density at radius 2 is 2.05 bits per heavy atom. The van der Waals surface area contributed by atoms with Gasteiger partial charge < -0.3 is 10.4 Å². The van der Waals surface area contributed by atoms with Gasteiger partial charge in [-0.05, 0) is 43.2 Å². The highest BCUT2D eigenvalue weighted by atomic mass is 32.1. The van der Waals surface area contributed by atoms with Crippen molar-refractivity contribution in [2.75, 3.05) is 6.54 Å². The van der Waals surface area contributed by atoms with E-state index in [0.29, 0.717) is 17.3 Å². The summed E-state index contributed by atoms with van der Waals surface area (Å²) in [6.45, 7) is 8.63. The molecule has 4 nitrogen and oxygen atoms in total. The molecule has 1 atom stereocenters. The van der Waals surface area contributed by atoms with E-state index < -0.39 is 5.97 Å². The zero-order chi connectivity index (χ0) is 16.0. The maximum atomic E-state index is 12.2. The summed E-state index contributed by atoms with van der Waals surface area (Å²) in [5, 5.41) is 11.8. The summed E-state index contributed by atoms with van der Waals surface area (Å²) >= 11 is 1.50. The van der Waals surface area contributed by atoms with Crippen LogP contribution in [0, 0.1) is 18.8 Å². The first kappa shape index (κ1) is 17.7. The Balaban J connectivity index is 2.61. The lowest BCUT2D eigenvalue weighted by atomic mass is 9.94. The molecular formula is C16H25NO3S. The lowest BCUT2D eigenvalue weighted by Gasteiger charge is -2.17. The molecule has 0 fully saturated rings. The van der Waals surface area contributed by atoms with E-state index in [4.69, 9.17) is 5.11 Å². The molecule has 0 bridgehead atoms. The van der Waals surface area contributed by atoms with Gasteiger partial charge in [-0.15, -0.1) is 11.3 Å². The van der Waals surface area contributed by atoms with Gasteiger partial charge in [-0.25, -0.2) is 0 Å². The van der Waals surface area contributed by atoms with E-state index in [1.165, 1.54) is 21.8 Å². The third kappa shape index (κ3) is 5.87. The number of aliphatic carboxylic acids is 1. The minimum absolute atomic E-state index is 0.0156. The molecule has 1 unspecified atom stereocenters. The van der Waals surface area contributed by atoms with Crippen molar-refractivity contribution in [2.24, 2.45) is 11.8 Å². The van der Waals surface area contributed by atoms with Crippen molar-refractivity contribution >= 4 is 23.2 Å². The Labute approximate surface area is 130 Å². The highest BCUT2D eigenvalue weighted by molar-refractivity contribution is 7.14. The van der Waals surface area contributed by atoms with Gasteiger partial charge >= 0.3 is 5.97 Å². The molecule has 1 heterocycles. The number of rotatable bonds is 8. The normalized spacial score (nSPS) is 12.4. The van der Waals surface area contributed by atoms with Crippen LogP contribution in [-0.4, -0.2) is 23.5 Å². The molecule has 0 aliphatic rings. The highest BCUT2D eigenvalue weighted by Gasteiger charge is 2.17. The van der Waals surface area contributed by atoms with Gasteiger partial charge in [-0.3, -0.25) is 9.59 Å². The second-order valence-corrected chi connectivity index (χ2v) is 7.11. The van der Waals surface area contributed by atoms with Gasteiger partial charge in [0.2, 0.25) is 0 Å². The predicted octanol–water partition coefficient (Wildman–Crippen LogP) is 3.49. The third-order valence-electron chi connectivity index (χ3n) is 3.44. The van der Waals surface area contributed by atoms with E-state index in [2.05, 4.69) is 26.1 Å². The zero-order valence-corrected chi connectivity index (χ0v) is 14.0. The summed E-state index contributed by atoms with van der Waals surface area (Å²) in [7, 11) is 0. The summed E-state index contributed by atoms with van der Waals surface area (Å²) in [5.74, 6) is -0.503. The highest BCUT2D eigenvalue weighted by Crippen LogP contribution is 2.22. The second kappa shape index (κ2) is 8.17. The van der Waals surface area contributed by atoms with E-state index >= 15 is 0 Å². The average molecular weight is 311 g/mol. The molecule has 1 rings (SSSR count). The third-order valence-corrected chi connectivity index (χ3v) is 4.54. The van der Waals surface area contributed by atoms with Crippen molar-refractivity contribution in [3.8, 4) is 0 Å². The van der Waals surface area contributed by atoms with Crippen molar-refractivity contribution in [2.45, 2.75) is 47.0 Å². The molecule has 118 valence electrons. The van der Waals surface area contributed by atoms with Crippen LogP contribution in [0.1, 0.15) is 53.7 Å². The Kier molecular flexibility index (Phi) is 6.89. The van der Waals surface area contributed by atoms with Gasteiger partial charge in [0.1, 0.15) is 0 Å². The van der Waals surface area contributed by atoms with E-state index in [1.807, 2.05) is 13.0 Å². The monoisotopic (exact) mass is 311 g/mol. The van der Waals surface area contributed by atoms with Crippen LogP contribution < -0.4 is 5.32 Å². The van der Waals surface area contributed by atoms with Crippen LogP contribution in [0.25, 0.3) is 0 Å². The maximum Gasteiger partial charge on any atom is 0.303 e. The molecule has 1 amide bonds. The van der Waals surface area contributed by atoms with Gasteiger partial charge in [0.05, 0.1) is 4.88 Å². The van der Waals surface area contributed by atoms with Gasteiger partial charge in [0.25, 0.3) is 5.91 Å². The Morgan fingerprint density at radius 3 is 2.52 bits per heavy atom. The fourth-order valence-electron chi connectivity index (χ4n) is 2.46. The predicted molar refractivity (Wildman–Crippen MR) is 86.0 cm³/mol. The molecule has 1 aromatic rings. The van der Waals surface area contributed by atoms with E-state index in [0.717, 1.165) is 12.8 Å². The quantitative estimate of drug-likeness (QED) is 0.772. The van der Waals surface area contributed by atoms with E-state index in [9.17, 15) is 9.59 Å². The van der Waals surface area contributed by atoms with Gasteiger partial charge in [0, 0.05) is 17.8 Å². The van der Waals surface area contributed by atoms with Crippen LogP contribution in [0.5, 0.6) is 0 Å². The average Bonchev–Trinajstić information content (AvgIpc) is 2.75. The number of thiophene rings is 1. The van der Waals surface area contributed by atoms with Crippen LogP contribution in [0.15, 0.2) is 6.07 Å². The fraction of sp³-hybridized carbons (Fsp3) is 0.625. The van der Waals surface area contributed by atoms with E-state index in [-0.39, 0.29) is 18.2 Å². The fourth-order valence-corrected chi connectivity index (χ4v) is 3.49. The number of carbonyl (C=O) groups is 2. The molecule has 21 heavy (non-hydrogen) atoms. The van der Waals surface area contributed by atoms with Gasteiger partial charge in [-0.1, -0.05) is 20.8 Å². The molecular weight excluding hydrogens is 286 g/mol. The molecule has 2 N–H and O–H groups in total. The summed E-state index contributed by atoms with van der Waals surface area (Å²) in [6, 6.07) is 1.93. The molecule has 0 aliphatic carbocycles. The number of amides is 1. The number of carbonyl (C=O) groups excluding carboxylic acids is 1. The lowest BCUT2D eigenvalue weighted by Crippen LogP contribution is -2.30. The molecule has 5 heteroatoms. The molecule has 0 radical (unpaired) electrons. The van der Waals surface area contributed by atoms with Crippen LogP contribution >= 0.6 is 11.3 Å². The maximum absolute atomic E-state index is 12.2. The van der Waals surface area contributed by atoms with Crippen LogP contribution in [0.3, 0.4) is 0 Å². The Hall–Kier alpha value is -1.36. The topological polar surface area (TPSA) is 66.4 Å². The van der Waals surface area contributed by atoms with Crippen molar-refractivity contribution in [3.63, 3.8) is 0 Å². The summed E-state index contributed by atoms with van der Waals surface area (Å²) in [4.78, 5) is 24.9. The van der Waals surface area contributed by atoms with Crippen molar-refractivity contribution in [1.82, 2.24) is 5.32 Å². The minimum Gasteiger partial charge on any atom is -0.481 e. The summed E-state index contributed by atoms with van der Waals surface area (Å²) in [6.07, 6.45) is 1.82. The molecule has 0 saturated carbocycles. The first-order chi connectivity index (χ1) is 9.83. The minimum atomic E-state index is -0.810. The second-order valence-electron chi connectivity index (χ2n) is 5.85. The number of carboxylic acid groups (broad SMARTS) is 1. The van der Waals surface area contributed by atoms with Crippen LogP contribution in [0.2, 0.25) is 0 Å². The Morgan fingerprint density at radius 1 is 1.38 bits per heavy atom. The molecule has 0 spiro atoms. The lowest BCUT2D eigenvalue weighted by molar-refractivity contribution is -0.138. The first-order valence-electron chi connectivity index (χ1n) is 7.42. The molecule has 0 saturated heterocycles. The van der Waals surface area contributed by atoms with Crippen LogP contribution in [-0.2, 0) is 11.2 Å². The van der Waals surface area contributed by atoms with Crippen molar-refractivity contribution in [1.29, 1.82) is 0 Å². The number of aryl methyl sites for hydroxylation is 2. The molecule has 0 aromatic carbocycles. The SMILES string of the molecule is CCc1cc(C(=O)NCC(CC(=O)O)CC(C)C)sc1C. The molecule has 0 aliphatic heterocycles. The van der Waals surface area contributed by atoms with Crippen molar-refractivity contribution < 1.29 is 14.7 Å². The molecule has 1 aromatic heterocycles.